The lowest BCUT2D eigenvalue weighted by atomic mass is 10.2. The minimum absolute atomic E-state index is 0.0639. The molecule has 0 aliphatic carbocycles. The first-order valence-electron chi connectivity index (χ1n) is 9.63. The average molecular weight is 462 g/mol. The first kappa shape index (κ1) is 22.8. The van der Waals surface area contributed by atoms with Crippen LogP contribution in [0.4, 0.5) is 17.1 Å². The zero-order chi connectivity index (χ0) is 22.6. The zero-order valence-corrected chi connectivity index (χ0v) is 18.7. The number of amides is 3. The van der Waals surface area contributed by atoms with Crippen LogP contribution in [0.1, 0.15) is 26.7 Å². The Morgan fingerprint density at radius 2 is 1.74 bits per heavy atom. The second-order valence-corrected chi connectivity index (χ2v) is 10.7. The van der Waals surface area contributed by atoms with Crippen LogP contribution >= 0.6 is 11.8 Å². The number of thioether (sulfide) groups is 1. The van der Waals surface area contributed by atoms with Crippen molar-refractivity contribution >= 4 is 56.4 Å². The molecule has 31 heavy (non-hydrogen) atoms. The molecule has 1 heterocycles. The predicted molar refractivity (Wildman–Crippen MR) is 121 cm³/mol. The number of sulfone groups is 1. The van der Waals surface area contributed by atoms with Crippen LogP contribution < -0.4 is 16.0 Å². The lowest BCUT2D eigenvalue weighted by Gasteiger charge is -2.15. The maximum absolute atomic E-state index is 13.0. The largest absolute Gasteiger partial charge is 0.326 e. The van der Waals surface area contributed by atoms with Crippen molar-refractivity contribution in [2.75, 3.05) is 21.7 Å². The Morgan fingerprint density at radius 3 is 2.39 bits per heavy atom. The maximum Gasteiger partial charge on any atom is 0.225 e. The molecule has 0 spiro atoms. The molecule has 3 N–H and O–H groups in total. The molecule has 0 fully saturated rings. The summed E-state index contributed by atoms with van der Waals surface area (Å²) in [5, 5.41) is 7.06. The van der Waals surface area contributed by atoms with Crippen LogP contribution in [0.5, 0.6) is 0 Å². The Hall–Kier alpha value is -2.85. The fraction of sp³-hybridized carbons (Fsp3) is 0.286. The number of nitrogens with one attached hydrogen (secondary N) is 3. The highest BCUT2D eigenvalue weighted by molar-refractivity contribution is 7.99. The van der Waals surface area contributed by atoms with Gasteiger partial charge in [0.1, 0.15) is 0 Å². The van der Waals surface area contributed by atoms with E-state index in [-0.39, 0.29) is 23.1 Å². The molecule has 3 amide bonds. The molecule has 1 aliphatic heterocycles. The van der Waals surface area contributed by atoms with Crippen molar-refractivity contribution in [1.82, 2.24) is 0 Å². The van der Waals surface area contributed by atoms with Crippen molar-refractivity contribution in [2.24, 2.45) is 0 Å². The van der Waals surface area contributed by atoms with E-state index in [2.05, 4.69) is 16.0 Å². The number of carbonyl (C=O) groups is 3. The van der Waals surface area contributed by atoms with Gasteiger partial charge < -0.3 is 16.0 Å². The monoisotopic (exact) mass is 461 g/mol. The van der Waals surface area contributed by atoms with Crippen LogP contribution in [0, 0.1) is 0 Å². The second-order valence-electron chi connectivity index (χ2n) is 7.17. The van der Waals surface area contributed by atoms with E-state index >= 15 is 0 Å². The van der Waals surface area contributed by atoms with Crippen LogP contribution in [0.2, 0.25) is 0 Å². The number of hydrogen-bond acceptors (Lipinski definition) is 6. The minimum atomic E-state index is -3.78. The topological polar surface area (TPSA) is 121 Å². The molecule has 1 aliphatic rings. The SMILES string of the molecule is CC(=O)Nc1ccc(NC(=O)C[C@@H](C)S(=O)(=O)c2ccc3c(c2)NC(=O)CCS3)cc1. The van der Waals surface area contributed by atoms with E-state index in [1.165, 1.54) is 37.7 Å². The highest BCUT2D eigenvalue weighted by Gasteiger charge is 2.27. The average Bonchev–Trinajstić information content (AvgIpc) is 2.88. The van der Waals surface area contributed by atoms with E-state index in [0.717, 1.165) is 4.90 Å². The molecule has 8 nitrogen and oxygen atoms in total. The van der Waals surface area contributed by atoms with Gasteiger partial charge in [0, 0.05) is 41.8 Å². The molecule has 1 atom stereocenters. The van der Waals surface area contributed by atoms with Crippen molar-refractivity contribution in [3.63, 3.8) is 0 Å². The van der Waals surface area contributed by atoms with Crippen molar-refractivity contribution < 1.29 is 22.8 Å². The van der Waals surface area contributed by atoms with Crippen LogP contribution in [-0.2, 0) is 24.2 Å². The van der Waals surface area contributed by atoms with Gasteiger partial charge in [-0.05, 0) is 49.4 Å². The van der Waals surface area contributed by atoms with Gasteiger partial charge in [-0.15, -0.1) is 11.8 Å². The second kappa shape index (κ2) is 9.52. The standard InChI is InChI=1S/C21H23N3O5S2/c1-13(11-21(27)23-16-5-3-15(4-6-16)22-14(2)25)31(28,29)17-7-8-19-18(12-17)24-20(26)9-10-30-19/h3-8,12-13H,9-11H2,1-2H3,(H,22,25)(H,23,27)(H,24,26)/t13-/m1/s1. The van der Waals surface area contributed by atoms with E-state index in [1.54, 1.807) is 30.3 Å². The Labute approximate surface area is 185 Å². The van der Waals surface area contributed by atoms with E-state index in [9.17, 15) is 22.8 Å². The van der Waals surface area contributed by atoms with Gasteiger partial charge in [-0.3, -0.25) is 14.4 Å². The molecule has 3 rings (SSSR count). The summed E-state index contributed by atoms with van der Waals surface area (Å²) in [4.78, 5) is 36.1. The van der Waals surface area contributed by atoms with E-state index in [0.29, 0.717) is 29.2 Å². The summed E-state index contributed by atoms with van der Waals surface area (Å²) in [7, 11) is -3.78. The summed E-state index contributed by atoms with van der Waals surface area (Å²) in [5.41, 5.74) is 1.56. The minimum Gasteiger partial charge on any atom is -0.326 e. The maximum atomic E-state index is 13.0. The molecule has 0 aromatic heterocycles. The molecule has 0 bridgehead atoms. The van der Waals surface area contributed by atoms with Gasteiger partial charge in [0.2, 0.25) is 17.7 Å². The van der Waals surface area contributed by atoms with Gasteiger partial charge in [0.15, 0.2) is 9.84 Å². The number of fused-ring (bicyclic) bond motifs is 1. The van der Waals surface area contributed by atoms with E-state index in [1.807, 2.05) is 0 Å². The highest BCUT2D eigenvalue weighted by Crippen LogP contribution is 2.33. The van der Waals surface area contributed by atoms with Crippen molar-refractivity contribution in [2.45, 2.75) is 41.7 Å². The van der Waals surface area contributed by atoms with Gasteiger partial charge >= 0.3 is 0 Å². The quantitative estimate of drug-likeness (QED) is 0.607. The summed E-state index contributed by atoms with van der Waals surface area (Å²) < 4.78 is 26.0. The first-order chi connectivity index (χ1) is 14.6. The van der Waals surface area contributed by atoms with Crippen LogP contribution in [-0.4, -0.2) is 37.1 Å². The number of anilines is 3. The summed E-state index contributed by atoms with van der Waals surface area (Å²) >= 11 is 1.49. The molecule has 0 saturated carbocycles. The van der Waals surface area contributed by atoms with Gasteiger partial charge in [-0.25, -0.2) is 8.42 Å². The van der Waals surface area contributed by atoms with Crippen molar-refractivity contribution in [3.05, 3.63) is 42.5 Å². The molecule has 10 heteroatoms. The summed E-state index contributed by atoms with van der Waals surface area (Å²) in [5.74, 6) is -0.167. The van der Waals surface area contributed by atoms with Crippen LogP contribution in [0.15, 0.2) is 52.3 Å². The lowest BCUT2D eigenvalue weighted by molar-refractivity contribution is -0.116. The van der Waals surface area contributed by atoms with Crippen molar-refractivity contribution in [1.29, 1.82) is 0 Å². The zero-order valence-electron chi connectivity index (χ0n) is 17.1. The Morgan fingerprint density at radius 1 is 1.10 bits per heavy atom. The Bertz CT molecular complexity index is 1110. The first-order valence-corrected chi connectivity index (χ1v) is 12.2. The smallest absolute Gasteiger partial charge is 0.225 e. The number of benzene rings is 2. The molecule has 0 unspecified atom stereocenters. The Balaban J connectivity index is 1.67. The fourth-order valence-corrected chi connectivity index (χ4v) is 5.34. The van der Waals surface area contributed by atoms with Crippen molar-refractivity contribution in [3.8, 4) is 0 Å². The number of hydrogen-bond donors (Lipinski definition) is 3. The van der Waals surface area contributed by atoms with Gasteiger partial charge in [-0.2, -0.15) is 0 Å². The summed E-state index contributed by atoms with van der Waals surface area (Å²) in [6.07, 6.45) is 0.137. The molecule has 0 radical (unpaired) electrons. The van der Waals surface area contributed by atoms with E-state index < -0.39 is 21.0 Å². The summed E-state index contributed by atoms with van der Waals surface area (Å²) in [6.45, 7) is 2.88. The molecular formula is C21H23N3O5S2. The van der Waals surface area contributed by atoms with Gasteiger partial charge in [0.25, 0.3) is 0 Å². The highest BCUT2D eigenvalue weighted by atomic mass is 32.2. The molecular weight excluding hydrogens is 438 g/mol. The molecule has 0 saturated heterocycles. The normalized spacial score (nSPS) is 14.6. The molecule has 2 aromatic carbocycles. The van der Waals surface area contributed by atoms with Gasteiger partial charge in [0.05, 0.1) is 15.8 Å². The van der Waals surface area contributed by atoms with Crippen LogP contribution in [0.3, 0.4) is 0 Å². The predicted octanol–water partition coefficient (Wildman–Crippen LogP) is 3.27. The van der Waals surface area contributed by atoms with E-state index in [4.69, 9.17) is 0 Å². The fourth-order valence-electron chi connectivity index (χ4n) is 3.03. The van der Waals surface area contributed by atoms with Gasteiger partial charge in [-0.1, -0.05) is 0 Å². The third-order valence-electron chi connectivity index (χ3n) is 4.63. The number of rotatable bonds is 6. The number of carbonyl (C=O) groups excluding carboxylic acids is 3. The third kappa shape index (κ3) is 5.86. The van der Waals surface area contributed by atoms with Crippen LogP contribution in [0.25, 0.3) is 0 Å². The summed E-state index contributed by atoms with van der Waals surface area (Å²) in [6, 6.07) is 11.2. The molecule has 164 valence electrons. The lowest BCUT2D eigenvalue weighted by Crippen LogP contribution is -2.25. The Kier molecular flexibility index (Phi) is 7.01. The molecule has 2 aromatic rings. The third-order valence-corrected chi connectivity index (χ3v) is 7.84.